The predicted octanol–water partition coefficient (Wildman–Crippen LogP) is 1.85. The molecule has 0 aliphatic carbocycles. The SMILES string of the molecule is Cc1cc(=O)[nH]c2c(CCC(=O)O)cccc12. The molecule has 0 saturated carbocycles. The summed E-state index contributed by atoms with van der Waals surface area (Å²) >= 11 is 0. The number of H-pyrrole nitrogens is 1. The Balaban J connectivity index is 2.56. The Morgan fingerprint density at radius 3 is 2.88 bits per heavy atom. The zero-order valence-corrected chi connectivity index (χ0v) is 9.49. The number of carbonyl (C=O) groups is 1. The largest absolute Gasteiger partial charge is 0.481 e. The fourth-order valence-electron chi connectivity index (χ4n) is 1.96. The van der Waals surface area contributed by atoms with Gasteiger partial charge in [-0.3, -0.25) is 9.59 Å². The van der Waals surface area contributed by atoms with Crippen molar-refractivity contribution in [3.63, 3.8) is 0 Å². The van der Waals surface area contributed by atoms with Gasteiger partial charge in [-0.05, 0) is 24.5 Å². The lowest BCUT2D eigenvalue weighted by atomic mass is 10.0. The number of nitrogens with one attached hydrogen (secondary N) is 1. The van der Waals surface area contributed by atoms with Gasteiger partial charge in [0.15, 0.2) is 0 Å². The van der Waals surface area contributed by atoms with Crippen molar-refractivity contribution in [2.24, 2.45) is 0 Å². The van der Waals surface area contributed by atoms with Crippen LogP contribution in [0.1, 0.15) is 17.5 Å². The van der Waals surface area contributed by atoms with Gasteiger partial charge >= 0.3 is 5.97 Å². The first-order valence-corrected chi connectivity index (χ1v) is 5.41. The molecule has 0 fully saturated rings. The number of pyridine rings is 1. The first-order valence-electron chi connectivity index (χ1n) is 5.41. The monoisotopic (exact) mass is 231 g/mol. The molecule has 4 nitrogen and oxygen atoms in total. The van der Waals surface area contributed by atoms with Crippen molar-refractivity contribution in [1.82, 2.24) is 4.98 Å². The third-order valence-corrected chi connectivity index (χ3v) is 2.78. The van der Waals surface area contributed by atoms with E-state index in [0.29, 0.717) is 6.42 Å². The summed E-state index contributed by atoms with van der Waals surface area (Å²) in [6.45, 7) is 1.87. The Kier molecular flexibility index (Phi) is 2.95. The molecule has 1 aromatic heterocycles. The van der Waals surface area contributed by atoms with Crippen molar-refractivity contribution in [2.45, 2.75) is 19.8 Å². The second-order valence-electron chi connectivity index (χ2n) is 4.05. The van der Waals surface area contributed by atoms with Crippen LogP contribution in [0.15, 0.2) is 29.1 Å². The third-order valence-electron chi connectivity index (χ3n) is 2.78. The summed E-state index contributed by atoms with van der Waals surface area (Å²) in [6.07, 6.45) is 0.487. The topological polar surface area (TPSA) is 70.2 Å². The molecule has 2 N–H and O–H groups in total. The highest BCUT2D eigenvalue weighted by molar-refractivity contribution is 5.85. The molecule has 0 aliphatic heterocycles. The highest BCUT2D eigenvalue weighted by Gasteiger charge is 2.06. The minimum absolute atomic E-state index is 0.0646. The zero-order valence-electron chi connectivity index (χ0n) is 9.49. The average molecular weight is 231 g/mol. The van der Waals surface area contributed by atoms with Crippen molar-refractivity contribution < 1.29 is 9.90 Å². The summed E-state index contributed by atoms with van der Waals surface area (Å²) in [5, 5.41) is 9.65. The number of aromatic amines is 1. The van der Waals surface area contributed by atoms with Crippen LogP contribution < -0.4 is 5.56 Å². The molecule has 1 heterocycles. The molecule has 17 heavy (non-hydrogen) atoms. The molecular formula is C13H13NO3. The lowest BCUT2D eigenvalue weighted by molar-refractivity contribution is -0.136. The summed E-state index contributed by atoms with van der Waals surface area (Å²) in [6, 6.07) is 7.19. The first-order chi connectivity index (χ1) is 8.08. The summed E-state index contributed by atoms with van der Waals surface area (Å²) in [7, 11) is 0. The lowest BCUT2D eigenvalue weighted by Gasteiger charge is -2.06. The van der Waals surface area contributed by atoms with Crippen molar-refractivity contribution in [1.29, 1.82) is 0 Å². The molecule has 0 unspecified atom stereocenters. The normalized spacial score (nSPS) is 10.6. The molecule has 0 spiro atoms. The van der Waals surface area contributed by atoms with Crippen molar-refractivity contribution in [2.75, 3.05) is 0 Å². The summed E-state index contributed by atoms with van der Waals surface area (Å²) in [5.74, 6) is -0.836. The number of carboxylic acids is 1. The number of fused-ring (bicyclic) bond motifs is 1. The molecule has 0 atom stereocenters. The number of hydrogen-bond donors (Lipinski definition) is 2. The molecule has 88 valence electrons. The second-order valence-corrected chi connectivity index (χ2v) is 4.05. The molecule has 0 aliphatic rings. The number of hydrogen-bond acceptors (Lipinski definition) is 2. The Labute approximate surface area is 97.9 Å². The van der Waals surface area contributed by atoms with Crippen LogP contribution in [-0.2, 0) is 11.2 Å². The Hall–Kier alpha value is -2.10. The smallest absolute Gasteiger partial charge is 0.303 e. The quantitative estimate of drug-likeness (QED) is 0.846. The van der Waals surface area contributed by atoms with Gasteiger partial charge in [0.05, 0.1) is 5.52 Å². The van der Waals surface area contributed by atoms with Gasteiger partial charge in [-0.2, -0.15) is 0 Å². The number of aryl methyl sites for hydroxylation is 2. The lowest BCUT2D eigenvalue weighted by Crippen LogP contribution is -2.07. The van der Waals surface area contributed by atoms with E-state index in [1.54, 1.807) is 6.07 Å². The van der Waals surface area contributed by atoms with Crippen LogP contribution in [0, 0.1) is 6.92 Å². The number of para-hydroxylation sites is 1. The van der Waals surface area contributed by atoms with E-state index in [1.807, 2.05) is 25.1 Å². The summed E-state index contributed by atoms with van der Waals surface area (Å²) < 4.78 is 0. The van der Waals surface area contributed by atoms with Gasteiger partial charge in [0.2, 0.25) is 5.56 Å². The number of benzene rings is 1. The molecule has 0 amide bonds. The summed E-state index contributed by atoms with van der Waals surface area (Å²) in [5.41, 5.74) is 2.36. The maximum absolute atomic E-state index is 11.4. The molecule has 0 saturated heterocycles. The number of carboxylic acid groups (broad SMARTS) is 1. The fraction of sp³-hybridized carbons (Fsp3) is 0.231. The van der Waals surface area contributed by atoms with Crippen LogP contribution in [0.4, 0.5) is 0 Å². The van der Waals surface area contributed by atoms with Gasteiger partial charge in [0, 0.05) is 17.9 Å². The van der Waals surface area contributed by atoms with Gasteiger partial charge in [0.1, 0.15) is 0 Å². The predicted molar refractivity (Wildman–Crippen MR) is 65.3 cm³/mol. The highest BCUT2D eigenvalue weighted by Crippen LogP contribution is 2.19. The van der Waals surface area contributed by atoms with Crippen molar-refractivity contribution >= 4 is 16.9 Å². The Bertz CT molecular complexity index is 628. The standard InChI is InChI=1S/C13H13NO3/c1-8-7-11(15)14-13-9(5-6-12(16)17)3-2-4-10(8)13/h2-4,7H,5-6H2,1H3,(H,14,15)(H,16,17). The van der Waals surface area contributed by atoms with Gasteiger partial charge in [-0.15, -0.1) is 0 Å². The molecule has 4 heteroatoms. The van der Waals surface area contributed by atoms with E-state index in [4.69, 9.17) is 5.11 Å². The number of aromatic nitrogens is 1. The van der Waals surface area contributed by atoms with Crippen LogP contribution >= 0.6 is 0 Å². The molecule has 0 bridgehead atoms. The molecule has 1 aromatic carbocycles. The van der Waals surface area contributed by atoms with E-state index >= 15 is 0 Å². The van der Waals surface area contributed by atoms with E-state index in [2.05, 4.69) is 4.98 Å². The van der Waals surface area contributed by atoms with Crippen LogP contribution in [0.5, 0.6) is 0 Å². The maximum atomic E-state index is 11.4. The van der Waals surface area contributed by atoms with Crippen LogP contribution in [0.2, 0.25) is 0 Å². The Morgan fingerprint density at radius 1 is 1.41 bits per heavy atom. The number of rotatable bonds is 3. The van der Waals surface area contributed by atoms with E-state index in [1.165, 1.54) is 0 Å². The third kappa shape index (κ3) is 2.36. The van der Waals surface area contributed by atoms with E-state index in [9.17, 15) is 9.59 Å². The van der Waals surface area contributed by atoms with Gasteiger partial charge in [-0.1, -0.05) is 18.2 Å². The second kappa shape index (κ2) is 4.41. The average Bonchev–Trinajstić information content (AvgIpc) is 2.26. The van der Waals surface area contributed by atoms with Crippen LogP contribution in [-0.4, -0.2) is 16.1 Å². The van der Waals surface area contributed by atoms with E-state index < -0.39 is 5.97 Å². The minimum atomic E-state index is -0.836. The van der Waals surface area contributed by atoms with Gasteiger partial charge in [-0.25, -0.2) is 0 Å². The van der Waals surface area contributed by atoms with Crippen molar-refractivity contribution in [3.05, 3.63) is 45.7 Å². The molecular weight excluding hydrogens is 218 g/mol. The molecule has 2 rings (SSSR count). The fourth-order valence-corrected chi connectivity index (χ4v) is 1.96. The van der Waals surface area contributed by atoms with Gasteiger partial charge in [0.25, 0.3) is 0 Å². The number of aliphatic carboxylic acids is 1. The Morgan fingerprint density at radius 2 is 2.18 bits per heavy atom. The van der Waals surface area contributed by atoms with E-state index in [-0.39, 0.29) is 12.0 Å². The maximum Gasteiger partial charge on any atom is 0.303 e. The van der Waals surface area contributed by atoms with Crippen LogP contribution in [0.3, 0.4) is 0 Å². The van der Waals surface area contributed by atoms with Gasteiger partial charge < -0.3 is 10.1 Å². The van der Waals surface area contributed by atoms with E-state index in [0.717, 1.165) is 22.0 Å². The van der Waals surface area contributed by atoms with Crippen molar-refractivity contribution in [3.8, 4) is 0 Å². The highest BCUT2D eigenvalue weighted by atomic mass is 16.4. The summed E-state index contributed by atoms with van der Waals surface area (Å²) in [4.78, 5) is 24.8. The minimum Gasteiger partial charge on any atom is -0.481 e. The first kappa shape index (κ1) is 11.4. The molecule has 2 aromatic rings. The molecule has 0 radical (unpaired) electrons. The van der Waals surface area contributed by atoms with Crippen LogP contribution in [0.25, 0.3) is 10.9 Å². The zero-order chi connectivity index (χ0) is 12.4.